The van der Waals surface area contributed by atoms with Crippen LogP contribution in [0, 0.1) is 0 Å². The first-order valence-corrected chi connectivity index (χ1v) is 5.06. The van der Waals surface area contributed by atoms with E-state index in [4.69, 9.17) is 5.73 Å². The molecule has 1 rings (SSSR count). The van der Waals surface area contributed by atoms with Crippen LogP contribution in [0.1, 0.15) is 22.3 Å². The van der Waals surface area contributed by atoms with Gasteiger partial charge in [-0.15, -0.1) is 12.4 Å². The van der Waals surface area contributed by atoms with Gasteiger partial charge in [-0.05, 0) is 12.0 Å². The summed E-state index contributed by atoms with van der Waals surface area (Å²) >= 11 is 0. The third-order valence-corrected chi connectivity index (χ3v) is 2.31. The molecule has 0 aromatic heterocycles. The maximum Gasteiger partial charge on any atom is 0.305 e. The molecule has 1 aromatic rings. The predicted molar refractivity (Wildman–Crippen MR) is 67.4 cm³/mol. The van der Waals surface area contributed by atoms with Crippen molar-refractivity contribution in [2.75, 3.05) is 13.7 Å². The first-order valence-electron chi connectivity index (χ1n) is 5.06. The monoisotopic (exact) mass is 257 g/mol. The highest BCUT2D eigenvalue weighted by molar-refractivity contribution is 5.97. The quantitative estimate of drug-likeness (QED) is 0.639. The fourth-order valence-electron chi connectivity index (χ4n) is 1.32. The van der Waals surface area contributed by atoms with E-state index in [1.807, 2.05) is 12.1 Å². The number of hydrogen-bond donors (Lipinski definition) is 1. The van der Waals surface area contributed by atoms with Crippen LogP contribution in [0.5, 0.6) is 0 Å². The molecule has 0 bridgehead atoms. The average molecular weight is 258 g/mol. The standard InChI is InChI=1S/C12H15NO3.ClH/c1-16-12(15)7-4-9-2-5-10(6-3-9)11(14)8-13;/h2-3,5-6H,4,7-8,13H2,1H3;1H. The summed E-state index contributed by atoms with van der Waals surface area (Å²) in [6.45, 7) is 0.0154. The van der Waals surface area contributed by atoms with Crippen molar-refractivity contribution in [1.29, 1.82) is 0 Å². The normalized spacial score (nSPS) is 9.29. The van der Waals surface area contributed by atoms with Gasteiger partial charge in [-0.1, -0.05) is 24.3 Å². The lowest BCUT2D eigenvalue weighted by Gasteiger charge is -2.02. The number of hydrogen-bond acceptors (Lipinski definition) is 4. The van der Waals surface area contributed by atoms with Crippen molar-refractivity contribution in [1.82, 2.24) is 0 Å². The zero-order chi connectivity index (χ0) is 12.0. The van der Waals surface area contributed by atoms with Crippen LogP contribution < -0.4 is 5.73 Å². The number of methoxy groups -OCH3 is 1. The third kappa shape index (κ3) is 4.97. The molecule has 0 radical (unpaired) electrons. The predicted octanol–water partition coefficient (Wildman–Crippen LogP) is 1.36. The van der Waals surface area contributed by atoms with Gasteiger partial charge in [-0.3, -0.25) is 9.59 Å². The third-order valence-electron chi connectivity index (χ3n) is 2.31. The van der Waals surface area contributed by atoms with Crippen molar-refractivity contribution in [3.05, 3.63) is 35.4 Å². The Hall–Kier alpha value is -1.39. The van der Waals surface area contributed by atoms with Crippen molar-refractivity contribution < 1.29 is 14.3 Å². The minimum Gasteiger partial charge on any atom is -0.469 e. The number of rotatable bonds is 5. The highest BCUT2D eigenvalue weighted by atomic mass is 35.5. The number of benzene rings is 1. The van der Waals surface area contributed by atoms with Crippen molar-refractivity contribution in [2.45, 2.75) is 12.8 Å². The van der Waals surface area contributed by atoms with E-state index in [0.29, 0.717) is 18.4 Å². The molecule has 0 aliphatic rings. The van der Waals surface area contributed by atoms with E-state index in [2.05, 4.69) is 4.74 Å². The van der Waals surface area contributed by atoms with E-state index >= 15 is 0 Å². The Morgan fingerprint density at radius 3 is 2.29 bits per heavy atom. The van der Waals surface area contributed by atoms with Crippen molar-refractivity contribution >= 4 is 24.2 Å². The highest BCUT2D eigenvalue weighted by Crippen LogP contribution is 2.07. The van der Waals surface area contributed by atoms with Crippen LogP contribution in [0.25, 0.3) is 0 Å². The molecule has 0 unspecified atom stereocenters. The molecular formula is C12H16ClNO3. The molecule has 0 atom stereocenters. The number of aryl methyl sites for hydroxylation is 1. The number of halogens is 1. The maximum atomic E-state index is 11.2. The van der Waals surface area contributed by atoms with Gasteiger partial charge in [0, 0.05) is 12.0 Å². The molecule has 17 heavy (non-hydrogen) atoms. The Labute approximate surface area is 107 Å². The summed E-state index contributed by atoms with van der Waals surface area (Å²) in [6, 6.07) is 7.10. The molecule has 0 saturated carbocycles. The van der Waals surface area contributed by atoms with Gasteiger partial charge in [0.15, 0.2) is 5.78 Å². The molecular weight excluding hydrogens is 242 g/mol. The molecule has 0 amide bonds. The minimum atomic E-state index is -0.234. The van der Waals surface area contributed by atoms with E-state index in [1.54, 1.807) is 12.1 Å². The molecule has 0 spiro atoms. The minimum absolute atomic E-state index is 0. The molecule has 5 heteroatoms. The summed E-state index contributed by atoms with van der Waals surface area (Å²) in [7, 11) is 1.37. The van der Waals surface area contributed by atoms with Gasteiger partial charge in [-0.25, -0.2) is 0 Å². The lowest BCUT2D eigenvalue weighted by Crippen LogP contribution is -2.13. The summed E-state index contributed by atoms with van der Waals surface area (Å²) in [5, 5.41) is 0. The fourth-order valence-corrected chi connectivity index (χ4v) is 1.32. The number of Topliss-reactive ketones (excluding diaryl/α,β-unsaturated/α-hetero) is 1. The van der Waals surface area contributed by atoms with E-state index in [9.17, 15) is 9.59 Å². The Balaban J connectivity index is 0.00000256. The van der Waals surface area contributed by atoms with Crippen molar-refractivity contribution in [3.8, 4) is 0 Å². The smallest absolute Gasteiger partial charge is 0.305 e. The summed E-state index contributed by atoms with van der Waals surface area (Å²) in [6.07, 6.45) is 0.963. The number of carbonyl (C=O) groups excluding carboxylic acids is 2. The van der Waals surface area contributed by atoms with Crippen LogP contribution in [0.3, 0.4) is 0 Å². The second kappa shape index (κ2) is 7.81. The zero-order valence-corrected chi connectivity index (χ0v) is 10.5. The fraction of sp³-hybridized carbons (Fsp3) is 0.333. The summed E-state index contributed by atoms with van der Waals surface area (Å²) < 4.78 is 4.54. The van der Waals surface area contributed by atoms with Crippen molar-refractivity contribution in [3.63, 3.8) is 0 Å². The highest BCUT2D eigenvalue weighted by Gasteiger charge is 2.04. The van der Waals surface area contributed by atoms with Crippen LogP contribution in [-0.2, 0) is 16.0 Å². The van der Waals surface area contributed by atoms with Gasteiger partial charge < -0.3 is 10.5 Å². The first-order chi connectivity index (χ1) is 7.67. The van der Waals surface area contributed by atoms with Gasteiger partial charge in [0.2, 0.25) is 0 Å². The van der Waals surface area contributed by atoms with Gasteiger partial charge in [0.05, 0.1) is 13.7 Å². The van der Waals surface area contributed by atoms with E-state index in [-0.39, 0.29) is 30.7 Å². The van der Waals surface area contributed by atoms with E-state index < -0.39 is 0 Å². The van der Waals surface area contributed by atoms with Gasteiger partial charge >= 0.3 is 5.97 Å². The average Bonchev–Trinajstić information content (AvgIpc) is 2.35. The lowest BCUT2D eigenvalue weighted by atomic mass is 10.1. The number of esters is 1. The van der Waals surface area contributed by atoms with E-state index in [1.165, 1.54) is 7.11 Å². The number of nitrogens with two attached hydrogens (primary N) is 1. The maximum absolute atomic E-state index is 11.2. The summed E-state index contributed by atoms with van der Waals surface area (Å²) in [5.41, 5.74) is 6.85. The second-order valence-electron chi connectivity index (χ2n) is 3.40. The largest absolute Gasteiger partial charge is 0.469 e. The van der Waals surface area contributed by atoms with Crippen LogP contribution in [0.15, 0.2) is 24.3 Å². The molecule has 2 N–H and O–H groups in total. The van der Waals surface area contributed by atoms with Gasteiger partial charge in [0.1, 0.15) is 0 Å². The molecule has 0 aliphatic heterocycles. The van der Waals surface area contributed by atoms with Crippen molar-refractivity contribution in [2.24, 2.45) is 5.73 Å². The van der Waals surface area contributed by atoms with Crippen LogP contribution in [0.2, 0.25) is 0 Å². The van der Waals surface area contributed by atoms with Crippen LogP contribution in [0.4, 0.5) is 0 Å². The molecule has 0 aliphatic carbocycles. The molecule has 0 fully saturated rings. The Bertz CT molecular complexity index is 376. The molecule has 94 valence electrons. The van der Waals surface area contributed by atoms with Gasteiger partial charge in [0.25, 0.3) is 0 Å². The number of carbonyl (C=O) groups is 2. The Morgan fingerprint density at radius 2 is 1.82 bits per heavy atom. The summed E-state index contributed by atoms with van der Waals surface area (Å²) in [4.78, 5) is 22.2. The number of ketones is 1. The molecule has 4 nitrogen and oxygen atoms in total. The Morgan fingerprint density at radius 1 is 1.24 bits per heavy atom. The first kappa shape index (κ1) is 15.6. The molecule has 0 saturated heterocycles. The van der Waals surface area contributed by atoms with Crippen LogP contribution in [-0.4, -0.2) is 25.4 Å². The molecule has 0 heterocycles. The van der Waals surface area contributed by atoms with E-state index in [0.717, 1.165) is 5.56 Å². The molecule has 1 aromatic carbocycles. The summed E-state index contributed by atoms with van der Waals surface area (Å²) in [5.74, 6) is -0.318. The van der Waals surface area contributed by atoms with Crippen LogP contribution >= 0.6 is 12.4 Å². The zero-order valence-electron chi connectivity index (χ0n) is 9.64. The Kier molecular flexibility index (Phi) is 7.18. The number of ether oxygens (including phenoxy) is 1. The lowest BCUT2D eigenvalue weighted by molar-refractivity contribution is -0.140. The van der Waals surface area contributed by atoms with Gasteiger partial charge in [-0.2, -0.15) is 0 Å². The SMILES string of the molecule is COC(=O)CCc1ccc(C(=O)CN)cc1.Cl. The second-order valence-corrected chi connectivity index (χ2v) is 3.40. The topological polar surface area (TPSA) is 69.4 Å².